The fraction of sp³-hybridized carbons (Fsp3) is 0.556. The lowest BCUT2D eigenvalue weighted by Gasteiger charge is -2.24. The van der Waals surface area contributed by atoms with Crippen LogP contribution in [0.25, 0.3) is 11.4 Å². The van der Waals surface area contributed by atoms with E-state index in [9.17, 15) is 0 Å². The molecule has 0 radical (unpaired) electrons. The van der Waals surface area contributed by atoms with Crippen molar-refractivity contribution in [2.75, 3.05) is 19.6 Å². The van der Waals surface area contributed by atoms with E-state index in [1.165, 1.54) is 19.4 Å². The van der Waals surface area contributed by atoms with Crippen LogP contribution in [-0.2, 0) is 13.0 Å². The van der Waals surface area contributed by atoms with E-state index in [-0.39, 0.29) is 0 Å². The summed E-state index contributed by atoms with van der Waals surface area (Å²) in [5.74, 6) is 2.96. The lowest BCUT2D eigenvalue weighted by Crippen LogP contribution is -2.32. The van der Waals surface area contributed by atoms with Crippen molar-refractivity contribution in [3.05, 3.63) is 36.2 Å². The molecule has 0 amide bonds. The van der Waals surface area contributed by atoms with Crippen LogP contribution < -0.4 is 0 Å². The molecule has 0 saturated heterocycles. The predicted octanol–water partition coefficient (Wildman–Crippen LogP) is 3.24. The highest BCUT2D eigenvalue weighted by molar-refractivity contribution is 5.55. The van der Waals surface area contributed by atoms with Crippen LogP contribution in [0.5, 0.6) is 0 Å². The molecule has 0 N–H and O–H groups in total. The van der Waals surface area contributed by atoms with Gasteiger partial charge in [-0.05, 0) is 5.92 Å². The van der Waals surface area contributed by atoms with Crippen LogP contribution in [0.4, 0.5) is 0 Å². The Morgan fingerprint density at radius 2 is 1.77 bits per heavy atom. The summed E-state index contributed by atoms with van der Waals surface area (Å²) in [5.41, 5.74) is 1.16. The molecule has 1 aromatic heterocycles. The largest absolute Gasteiger partial charge is 0.310 e. The first-order valence-electron chi connectivity index (χ1n) is 8.51. The number of nitrogens with zero attached hydrogens (tertiary/aromatic N) is 4. The summed E-state index contributed by atoms with van der Waals surface area (Å²) < 4.78 is 2.31. The molecule has 1 aliphatic heterocycles. The van der Waals surface area contributed by atoms with Crippen molar-refractivity contribution in [2.24, 2.45) is 5.92 Å². The van der Waals surface area contributed by atoms with Crippen molar-refractivity contribution < 1.29 is 0 Å². The minimum absolute atomic E-state index is 0.817. The number of fused-ring (bicyclic) bond motifs is 1. The van der Waals surface area contributed by atoms with E-state index in [2.05, 4.69) is 57.8 Å². The third-order valence-electron chi connectivity index (χ3n) is 4.82. The van der Waals surface area contributed by atoms with Gasteiger partial charge < -0.3 is 9.47 Å². The summed E-state index contributed by atoms with van der Waals surface area (Å²) in [6.07, 6.45) is 3.54. The molecule has 2 heterocycles. The highest BCUT2D eigenvalue weighted by atomic mass is 15.3. The zero-order valence-corrected chi connectivity index (χ0v) is 13.7. The molecule has 1 aliphatic rings. The van der Waals surface area contributed by atoms with E-state index in [0.29, 0.717) is 0 Å². The molecule has 0 bridgehead atoms. The van der Waals surface area contributed by atoms with Gasteiger partial charge in [-0.3, -0.25) is 0 Å². The lowest BCUT2D eigenvalue weighted by molar-refractivity contribution is 0.228. The van der Waals surface area contributed by atoms with E-state index in [1.807, 2.05) is 6.07 Å². The van der Waals surface area contributed by atoms with Gasteiger partial charge in [0, 0.05) is 38.2 Å². The van der Waals surface area contributed by atoms with Gasteiger partial charge in [-0.1, -0.05) is 57.0 Å². The third kappa shape index (κ3) is 3.22. The zero-order valence-electron chi connectivity index (χ0n) is 13.7. The Hall–Kier alpha value is -1.68. The number of aromatic nitrogens is 3. The van der Waals surface area contributed by atoms with Gasteiger partial charge in [0.2, 0.25) is 0 Å². The summed E-state index contributed by atoms with van der Waals surface area (Å²) >= 11 is 0. The van der Waals surface area contributed by atoms with Gasteiger partial charge >= 0.3 is 0 Å². The highest BCUT2D eigenvalue weighted by Gasteiger charge is 2.20. The maximum absolute atomic E-state index is 4.43. The van der Waals surface area contributed by atoms with Crippen molar-refractivity contribution >= 4 is 0 Å². The molecule has 4 heteroatoms. The molecule has 0 unspecified atom stereocenters. The fourth-order valence-electron chi connectivity index (χ4n) is 3.26. The smallest absolute Gasteiger partial charge is 0.164 e. The van der Waals surface area contributed by atoms with Crippen molar-refractivity contribution in [1.29, 1.82) is 0 Å². The monoisotopic (exact) mass is 298 g/mol. The number of benzene rings is 1. The van der Waals surface area contributed by atoms with E-state index < -0.39 is 0 Å². The lowest BCUT2D eigenvalue weighted by atomic mass is 10.0. The Morgan fingerprint density at radius 1 is 1.00 bits per heavy atom. The van der Waals surface area contributed by atoms with Crippen LogP contribution in [0.3, 0.4) is 0 Å². The van der Waals surface area contributed by atoms with Crippen LogP contribution in [0.2, 0.25) is 0 Å². The van der Waals surface area contributed by atoms with Crippen LogP contribution >= 0.6 is 0 Å². The van der Waals surface area contributed by atoms with E-state index in [1.54, 1.807) is 0 Å². The topological polar surface area (TPSA) is 34.0 Å². The van der Waals surface area contributed by atoms with Gasteiger partial charge in [-0.25, -0.2) is 0 Å². The average Bonchev–Trinajstić information content (AvgIpc) is 2.88. The summed E-state index contributed by atoms with van der Waals surface area (Å²) in [7, 11) is 0. The Morgan fingerprint density at radius 3 is 2.50 bits per heavy atom. The molecule has 3 rings (SSSR count). The van der Waals surface area contributed by atoms with Gasteiger partial charge in [0.25, 0.3) is 0 Å². The summed E-state index contributed by atoms with van der Waals surface area (Å²) in [6, 6.07) is 10.4. The molecular formula is C18H26N4. The van der Waals surface area contributed by atoms with Crippen molar-refractivity contribution in [3.8, 4) is 11.4 Å². The summed E-state index contributed by atoms with van der Waals surface area (Å²) in [6.45, 7) is 9.01. The molecular weight excluding hydrogens is 272 g/mol. The van der Waals surface area contributed by atoms with Crippen LogP contribution in [0, 0.1) is 5.92 Å². The number of hydrogen-bond donors (Lipinski definition) is 0. The average molecular weight is 298 g/mol. The molecule has 0 saturated carbocycles. The Balaban J connectivity index is 1.74. The molecule has 0 atom stereocenters. The molecule has 1 aromatic carbocycles. The normalized spacial score (nSPS) is 15.8. The second-order valence-electron chi connectivity index (χ2n) is 6.19. The van der Waals surface area contributed by atoms with Gasteiger partial charge in [0.1, 0.15) is 5.82 Å². The zero-order chi connectivity index (χ0) is 15.4. The first kappa shape index (κ1) is 15.2. The standard InChI is InChI=1S/C18H26N4/c1-3-15(4-2)14-21-11-10-17-19-20-18(22(17)13-12-21)16-8-6-5-7-9-16/h5-9,15H,3-4,10-14H2,1-2H3. The van der Waals surface area contributed by atoms with E-state index in [4.69, 9.17) is 0 Å². The van der Waals surface area contributed by atoms with E-state index >= 15 is 0 Å². The van der Waals surface area contributed by atoms with Crippen LogP contribution in [0.15, 0.2) is 30.3 Å². The molecule has 0 spiro atoms. The van der Waals surface area contributed by atoms with Crippen LogP contribution in [0.1, 0.15) is 32.5 Å². The molecule has 22 heavy (non-hydrogen) atoms. The number of rotatable bonds is 5. The van der Waals surface area contributed by atoms with Gasteiger partial charge in [-0.15, -0.1) is 10.2 Å². The molecule has 0 aliphatic carbocycles. The predicted molar refractivity (Wildman–Crippen MR) is 89.7 cm³/mol. The third-order valence-corrected chi connectivity index (χ3v) is 4.82. The van der Waals surface area contributed by atoms with Crippen molar-refractivity contribution in [2.45, 2.75) is 39.7 Å². The first-order valence-corrected chi connectivity index (χ1v) is 8.51. The van der Waals surface area contributed by atoms with Gasteiger partial charge in [0.15, 0.2) is 5.82 Å². The van der Waals surface area contributed by atoms with Gasteiger partial charge in [-0.2, -0.15) is 0 Å². The Labute approximate surface area is 133 Å². The van der Waals surface area contributed by atoms with Gasteiger partial charge in [0.05, 0.1) is 0 Å². The maximum atomic E-state index is 4.43. The molecule has 118 valence electrons. The fourth-order valence-corrected chi connectivity index (χ4v) is 3.26. The van der Waals surface area contributed by atoms with Crippen molar-refractivity contribution in [1.82, 2.24) is 19.7 Å². The first-order chi connectivity index (χ1) is 10.8. The van der Waals surface area contributed by atoms with Crippen LogP contribution in [-0.4, -0.2) is 39.3 Å². The SMILES string of the molecule is CCC(CC)CN1CCc2nnc(-c3ccccc3)n2CC1. The van der Waals surface area contributed by atoms with Crippen molar-refractivity contribution in [3.63, 3.8) is 0 Å². The molecule has 0 fully saturated rings. The quantitative estimate of drug-likeness (QED) is 0.850. The molecule has 4 nitrogen and oxygen atoms in total. The molecule has 2 aromatic rings. The Bertz CT molecular complexity index is 586. The second kappa shape index (κ2) is 7.05. The maximum Gasteiger partial charge on any atom is 0.164 e. The number of hydrogen-bond acceptors (Lipinski definition) is 3. The second-order valence-corrected chi connectivity index (χ2v) is 6.19. The Kier molecular flexibility index (Phi) is 4.88. The summed E-state index contributed by atoms with van der Waals surface area (Å²) in [4.78, 5) is 2.60. The van der Waals surface area contributed by atoms with E-state index in [0.717, 1.165) is 49.2 Å². The minimum atomic E-state index is 0.817. The highest BCUT2D eigenvalue weighted by Crippen LogP contribution is 2.20. The summed E-state index contributed by atoms with van der Waals surface area (Å²) in [5, 5.41) is 8.86. The minimum Gasteiger partial charge on any atom is -0.310 e.